The molecule has 0 N–H and O–H groups in total. The molecule has 4 atom stereocenters. The van der Waals surface area contributed by atoms with Crippen LogP contribution in [0.4, 0.5) is 0 Å². The molecule has 0 spiro atoms. The van der Waals surface area contributed by atoms with Crippen LogP contribution in [-0.2, 0) is 16.0 Å². The number of aromatic nitrogens is 3. The van der Waals surface area contributed by atoms with Crippen LogP contribution < -0.4 is 0 Å². The van der Waals surface area contributed by atoms with Gasteiger partial charge >= 0.3 is 0 Å². The molecule has 0 aromatic carbocycles. The number of fused-ring (bicyclic) bond motifs is 8. The van der Waals surface area contributed by atoms with E-state index in [0.29, 0.717) is 6.42 Å². The normalized spacial score (nSPS) is 36.8. The molecule has 2 aromatic rings. The lowest BCUT2D eigenvalue weighted by atomic mass is 9.64. The van der Waals surface area contributed by atoms with E-state index < -0.39 is 5.41 Å². The lowest BCUT2D eigenvalue weighted by molar-refractivity contribution is -0.151. The number of hydrogen-bond donors (Lipinski definition) is 0. The largest absolute Gasteiger partial charge is 0.332 e. The van der Waals surface area contributed by atoms with E-state index >= 15 is 0 Å². The zero-order chi connectivity index (χ0) is 20.3. The SMILES string of the molecule is Cc1cc2ncc3c(n2n1)CC1CCC3N1C(=O)C12CCC(C)(C(=O)C1)C2(C)C. The predicted molar refractivity (Wildman–Crippen MR) is 107 cm³/mol. The van der Waals surface area contributed by atoms with Gasteiger partial charge in [-0.3, -0.25) is 9.59 Å². The number of rotatable bonds is 1. The Morgan fingerprint density at radius 2 is 2.00 bits per heavy atom. The maximum absolute atomic E-state index is 14.2. The van der Waals surface area contributed by atoms with Gasteiger partial charge in [0.15, 0.2) is 5.65 Å². The van der Waals surface area contributed by atoms with Gasteiger partial charge in [-0.15, -0.1) is 0 Å². The molecule has 6 heteroatoms. The van der Waals surface area contributed by atoms with Crippen molar-refractivity contribution in [3.8, 4) is 0 Å². The Balaban J connectivity index is 1.45. The third kappa shape index (κ3) is 1.80. The van der Waals surface area contributed by atoms with Crippen LogP contribution in [0.3, 0.4) is 0 Å². The second kappa shape index (κ2) is 5.08. The summed E-state index contributed by atoms with van der Waals surface area (Å²) in [6, 6.07) is 2.26. The number of hydrogen-bond acceptors (Lipinski definition) is 4. The van der Waals surface area contributed by atoms with Crippen molar-refractivity contribution in [1.82, 2.24) is 19.5 Å². The number of aryl methyl sites for hydroxylation is 1. The monoisotopic (exact) mass is 392 g/mol. The van der Waals surface area contributed by atoms with E-state index in [-0.39, 0.29) is 34.6 Å². The molecule has 29 heavy (non-hydrogen) atoms. The Labute approximate surface area is 170 Å². The highest BCUT2D eigenvalue weighted by atomic mass is 16.2. The summed E-state index contributed by atoms with van der Waals surface area (Å²) in [7, 11) is 0. The number of nitrogens with zero attached hydrogens (tertiary/aromatic N) is 4. The van der Waals surface area contributed by atoms with E-state index in [4.69, 9.17) is 0 Å². The fraction of sp³-hybridized carbons (Fsp3) is 0.652. The predicted octanol–water partition coefficient (Wildman–Crippen LogP) is 3.41. The Hall–Kier alpha value is -2.24. The molecule has 152 valence electrons. The standard InChI is InChI=1S/C23H28N4O2/c1-13-9-19-24-12-15-16-6-5-14(10-17(15)27(19)25-13)26(16)20(29)23-8-7-22(4,18(28)11-23)21(23,2)3/h9,12,14,16H,5-8,10-11H2,1-4H3. The summed E-state index contributed by atoms with van der Waals surface area (Å²) in [6.07, 6.45) is 6.83. The lowest BCUT2D eigenvalue weighted by Crippen LogP contribution is -2.52. The summed E-state index contributed by atoms with van der Waals surface area (Å²) < 4.78 is 1.98. The first kappa shape index (κ1) is 17.6. The molecule has 0 radical (unpaired) electrons. The molecular weight excluding hydrogens is 364 g/mol. The molecule has 4 heterocycles. The van der Waals surface area contributed by atoms with Crippen molar-refractivity contribution in [2.75, 3.05) is 0 Å². The van der Waals surface area contributed by atoms with E-state index in [2.05, 4.69) is 35.8 Å². The lowest BCUT2D eigenvalue weighted by Gasteiger charge is -2.45. The van der Waals surface area contributed by atoms with Gasteiger partial charge in [0.05, 0.1) is 22.8 Å². The Kier molecular flexibility index (Phi) is 3.08. The minimum absolute atomic E-state index is 0.0605. The molecule has 4 aliphatic rings. The molecule has 6 nitrogen and oxygen atoms in total. The van der Waals surface area contributed by atoms with Gasteiger partial charge in [0.2, 0.25) is 5.91 Å². The van der Waals surface area contributed by atoms with E-state index in [0.717, 1.165) is 49.0 Å². The Morgan fingerprint density at radius 1 is 1.21 bits per heavy atom. The van der Waals surface area contributed by atoms with E-state index in [1.165, 1.54) is 5.69 Å². The van der Waals surface area contributed by atoms with E-state index in [1.807, 2.05) is 23.7 Å². The highest BCUT2D eigenvalue weighted by Crippen LogP contribution is 2.71. The summed E-state index contributed by atoms with van der Waals surface area (Å²) in [5, 5.41) is 4.66. The molecule has 2 saturated carbocycles. The number of Topliss-reactive ketones (excluding diaryl/α,β-unsaturated/α-hetero) is 1. The van der Waals surface area contributed by atoms with Crippen LogP contribution in [0.1, 0.15) is 75.9 Å². The zero-order valence-corrected chi connectivity index (χ0v) is 17.7. The van der Waals surface area contributed by atoms with Gasteiger partial charge < -0.3 is 4.90 Å². The first-order chi connectivity index (χ1) is 13.7. The topological polar surface area (TPSA) is 67.6 Å². The second-order valence-corrected chi connectivity index (χ2v) is 10.5. The average molecular weight is 393 g/mol. The second-order valence-electron chi connectivity index (χ2n) is 10.5. The molecule has 1 saturated heterocycles. The molecule has 2 aliphatic carbocycles. The third-order valence-corrected chi connectivity index (χ3v) is 9.38. The van der Waals surface area contributed by atoms with Crippen LogP contribution in [0.5, 0.6) is 0 Å². The summed E-state index contributed by atoms with van der Waals surface area (Å²) >= 11 is 0. The third-order valence-electron chi connectivity index (χ3n) is 9.38. The Bertz CT molecular complexity index is 1100. The summed E-state index contributed by atoms with van der Waals surface area (Å²) in [5.74, 6) is 0.495. The number of ketones is 1. The molecular formula is C23H28N4O2. The van der Waals surface area contributed by atoms with E-state index in [1.54, 1.807) is 0 Å². The molecule has 3 fully saturated rings. The first-order valence-corrected chi connectivity index (χ1v) is 10.9. The average Bonchev–Trinajstić information content (AvgIpc) is 3.30. The van der Waals surface area contributed by atoms with Crippen molar-refractivity contribution in [2.24, 2.45) is 16.2 Å². The highest BCUT2D eigenvalue weighted by molar-refractivity contribution is 6.00. The van der Waals surface area contributed by atoms with Crippen molar-refractivity contribution in [3.05, 3.63) is 29.2 Å². The fourth-order valence-electron chi connectivity index (χ4n) is 7.09. The number of carbonyl (C=O) groups is 2. The zero-order valence-electron chi connectivity index (χ0n) is 17.7. The van der Waals surface area contributed by atoms with Crippen molar-refractivity contribution >= 4 is 17.3 Å². The molecule has 4 bridgehead atoms. The first-order valence-electron chi connectivity index (χ1n) is 10.9. The summed E-state index contributed by atoms with van der Waals surface area (Å²) in [6.45, 7) is 8.38. The van der Waals surface area contributed by atoms with Crippen LogP contribution in [-0.4, -0.2) is 37.2 Å². The van der Waals surface area contributed by atoms with Crippen LogP contribution in [0, 0.1) is 23.2 Å². The number of amides is 1. The van der Waals surface area contributed by atoms with Crippen molar-refractivity contribution in [1.29, 1.82) is 0 Å². The minimum atomic E-state index is -0.545. The van der Waals surface area contributed by atoms with Gasteiger partial charge in [0, 0.05) is 42.1 Å². The van der Waals surface area contributed by atoms with Gasteiger partial charge in [-0.25, -0.2) is 9.50 Å². The molecule has 4 unspecified atom stereocenters. The maximum atomic E-state index is 14.2. The fourth-order valence-corrected chi connectivity index (χ4v) is 7.09. The molecule has 2 aliphatic heterocycles. The van der Waals surface area contributed by atoms with Gasteiger partial charge in [0.25, 0.3) is 0 Å². The van der Waals surface area contributed by atoms with Crippen LogP contribution in [0.25, 0.3) is 5.65 Å². The Morgan fingerprint density at radius 3 is 2.69 bits per heavy atom. The number of carbonyl (C=O) groups excluding carboxylic acids is 2. The summed E-state index contributed by atoms with van der Waals surface area (Å²) in [4.78, 5) is 33.8. The van der Waals surface area contributed by atoms with Crippen LogP contribution >= 0.6 is 0 Å². The van der Waals surface area contributed by atoms with Gasteiger partial charge in [-0.05, 0) is 38.0 Å². The highest BCUT2D eigenvalue weighted by Gasteiger charge is 2.73. The van der Waals surface area contributed by atoms with Gasteiger partial charge in [-0.1, -0.05) is 20.8 Å². The van der Waals surface area contributed by atoms with Crippen LogP contribution in [0.15, 0.2) is 12.3 Å². The van der Waals surface area contributed by atoms with Gasteiger partial charge in [0.1, 0.15) is 5.78 Å². The quantitative estimate of drug-likeness (QED) is 0.746. The minimum Gasteiger partial charge on any atom is -0.332 e. The molecule has 6 rings (SSSR count). The summed E-state index contributed by atoms with van der Waals surface area (Å²) in [5.41, 5.74) is 2.99. The maximum Gasteiger partial charge on any atom is 0.230 e. The van der Waals surface area contributed by atoms with Crippen molar-refractivity contribution in [2.45, 2.75) is 78.3 Å². The van der Waals surface area contributed by atoms with E-state index in [9.17, 15) is 9.59 Å². The van der Waals surface area contributed by atoms with Crippen molar-refractivity contribution < 1.29 is 9.59 Å². The van der Waals surface area contributed by atoms with Crippen LogP contribution in [0.2, 0.25) is 0 Å². The molecule has 1 amide bonds. The smallest absolute Gasteiger partial charge is 0.230 e. The molecule has 2 aromatic heterocycles. The van der Waals surface area contributed by atoms with Crippen molar-refractivity contribution in [3.63, 3.8) is 0 Å². The van der Waals surface area contributed by atoms with Gasteiger partial charge in [-0.2, -0.15) is 5.10 Å².